The van der Waals surface area contributed by atoms with E-state index in [1.807, 2.05) is 4.90 Å². The lowest BCUT2D eigenvalue weighted by atomic mass is 9.83. The minimum Gasteiger partial charge on any atom is -0.481 e. The number of amides is 1. The summed E-state index contributed by atoms with van der Waals surface area (Å²) in [5.41, 5.74) is 0. The molecule has 90 valence electrons. The summed E-state index contributed by atoms with van der Waals surface area (Å²) in [5.74, 6) is -0.561. The number of nitrogens with zero attached hydrogens (tertiary/aromatic N) is 1. The second-order valence-electron chi connectivity index (χ2n) is 5.15. The predicted octanol–water partition coefficient (Wildman–Crippen LogP) is 1.50. The standard InChI is InChI=1S/C12H19NO3/c1-8-6-11(14)13(7-8)10-5-3-2-4-9(10)12(15)16/h8-10H,2-7H2,1H3,(H,15,16)/t8?,9-,10-/m0/s1. The number of carboxylic acid groups (broad SMARTS) is 1. The Morgan fingerprint density at radius 2 is 2.06 bits per heavy atom. The topological polar surface area (TPSA) is 57.6 Å². The van der Waals surface area contributed by atoms with E-state index < -0.39 is 5.97 Å². The number of rotatable bonds is 2. The Bertz CT molecular complexity index is 303. The van der Waals surface area contributed by atoms with Crippen molar-refractivity contribution in [3.63, 3.8) is 0 Å². The minimum absolute atomic E-state index is 0.0521. The van der Waals surface area contributed by atoms with Crippen molar-refractivity contribution in [1.29, 1.82) is 0 Å². The Morgan fingerprint density at radius 3 is 2.62 bits per heavy atom. The second-order valence-corrected chi connectivity index (χ2v) is 5.15. The fourth-order valence-corrected chi connectivity index (χ4v) is 3.01. The molecule has 2 rings (SSSR count). The van der Waals surface area contributed by atoms with Crippen LogP contribution in [-0.2, 0) is 9.59 Å². The summed E-state index contributed by atoms with van der Waals surface area (Å²) >= 11 is 0. The molecule has 16 heavy (non-hydrogen) atoms. The summed E-state index contributed by atoms with van der Waals surface area (Å²) in [5, 5.41) is 9.18. The molecule has 0 radical (unpaired) electrons. The number of hydrogen-bond donors (Lipinski definition) is 1. The number of hydrogen-bond acceptors (Lipinski definition) is 2. The van der Waals surface area contributed by atoms with Crippen LogP contribution in [-0.4, -0.2) is 34.5 Å². The molecule has 0 aromatic heterocycles. The molecule has 4 nitrogen and oxygen atoms in total. The molecule has 0 spiro atoms. The molecule has 0 bridgehead atoms. The van der Waals surface area contributed by atoms with E-state index in [1.54, 1.807) is 0 Å². The summed E-state index contributed by atoms with van der Waals surface area (Å²) in [4.78, 5) is 24.8. The van der Waals surface area contributed by atoms with Crippen molar-refractivity contribution in [2.45, 2.75) is 45.1 Å². The number of carbonyl (C=O) groups excluding carboxylic acids is 1. The first-order valence-corrected chi connectivity index (χ1v) is 6.12. The van der Waals surface area contributed by atoms with Gasteiger partial charge in [-0.25, -0.2) is 0 Å². The van der Waals surface area contributed by atoms with E-state index in [0.29, 0.717) is 12.3 Å². The maximum atomic E-state index is 11.8. The van der Waals surface area contributed by atoms with Gasteiger partial charge in [0.15, 0.2) is 0 Å². The number of aliphatic carboxylic acids is 1. The molecule has 1 saturated carbocycles. The van der Waals surface area contributed by atoms with Gasteiger partial charge < -0.3 is 10.0 Å². The van der Waals surface area contributed by atoms with Gasteiger partial charge in [0.25, 0.3) is 0 Å². The smallest absolute Gasteiger partial charge is 0.308 e. The third kappa shape index (κ3) is 2.06. The second kappa shape index (κ2) is 4.44. The zero-order valence-corrected chi connectivity index (χ0v) is 9.69. The molecule has 1 heterocycles. The Labute approximate surface area is 95.6 Å². The van der Waals surface area contributed by atoms with Crippen LogP contribution >= 0.6 is 0 Å². The normalized spacial score (nSPS) is 35.4. The monoisotopic (exact) mass is 225 g/mol. The first-order valence-electron chi connectivity index (χ1n) is 6.12. The number of carbonyl (C=O) groups is 2. The highest BCUT2D eigenvalue weighted by atomic mass is 16.4. The molecule has 0 aromatic carbocycles. The first kappa shape index (κ1) is 11.4. The summed E-state index contributed by atoms with van der Waals surface area (Å²) in [7, 11) is 0. The van der Waals surface area contributed by atoms with E-state index >= 15 is 0 Å². The lowest BCUT2D eigenvalue weighted by Gasteiger charge is -2.35. The van der Waals surface area contributed by atoms with Crippen molar-refractivity contribution in [3.05, 3.63) is 0 Å². The van der Waals surface area contributed by atoms with E-state index in [4.69, 9.17) is 0 Å². The van der Waals surface area contributed by atoms with E-state index in [-0.39, 0.29) is 17.9 Å². The van der Waals surface area contributed by atoms with E-state index in [0.717, 1.165) is 32.2 Å². The first-order chi connectivity index (χ1) is 7.59. The van der Waals surface area contributed by atoms with Crippen molar-refractivity contribution < 1.29 is 14.7 Å². The van der Waals surface area contributed by atoms with Gasteiger partial charge >= 0.3 is 5.97 Å². The highest BCUT2D eigenvalue weighted by Gasteiger charge is 2.40. The molecule has 1 aliphatic heterocycles. The van der Waals surface area contributed by atoms with E-state index in [2.05, 4.69) is 6.92 Å². The van der Waals surface area contributed by atoms with Gasteiger partial charge in [0, 0.05) is 19.0 Å². The van der Waals surface area contributed by atoms with Gasteiger partial charge in [-0.15, -0.1) is 0 Å². The Morgan fingerprint density at radius 1 is 1.38 bits per heavy atom. The van der Waals surface area contributed by atoms with Gasteiger partial charge in [-0.1, -0.05) is 19.8 Å². The predicted molar refractivity (Wildman–Crippen MR) is 58.9 cm³/mol. The van der Waals surface area contributed by atoms with Gasteiger partial charge in [0.1, 0.15) is 0 Å². The zero-order valence-electron chi connectivity index (χ0n) is 9.69. The van der Waals surface area contributed by atoms with Crippen LogP contribution in [0.15, 0.2) is 0 Å². The molecule has 1 aliphatic carbocycles. The van der Waals surface area contributed by atoms with Gasteiger partial charge in [0.2, 0.25) is 5.91 Å². The summed E-state index contributed by atoms with van der Waals surface area (Å²) in [6.07, 6.45) is 4.19. The van der Waals surface area contributed by atoms with Crippen molar-refractivity contribution in [2.75, 3.05) is 6.54 Å². The van der Waals surface area contributed by atoms with Crippen LogP contribution in [0.1, 0.15) is 39.0 Å². The van der Waals surface area contributed by atoms with Gasteiger partial charge in [0.05, 0.1) is 5.92 Å². The molecule has 0 aromatic rings. The minimum atomic E-state index is -0.739. The highest BCUT2D eigenvalue weighted by molar-refractivity contribution is 5.80. The third-order valence-electron chi connectivity index (χ3n) is 3.80. The molecule has 4 heteroatoms. The fourth-order valence-electron chi connectivity index (χ4n) is 3.01. The maximum Gasteiger partial charge on any atom is 0.308 e. The lowest BCUT2D eigenvalue weighted by molar-refractivity contribution is -0.147. The molecule has 3 atom stereocenters. The zero-order chi connectivity index (χ0) is 11.7. The molecule has 2 aliphatic rings. The summed E-state index contributed by atoms with van der Waals surface area (Å²) in [6.45, 7) is 2.80. The van der Waals surface area contributed by atoms with E-state index in [1.165, 1.54) is 0 Å². The molecule has 1 saturated heterocycles. The van der Waals surface area contributed by atoms with Crippen molar-refractivity contribution in [2.24, 2.45) is 11.8 Å². The van der Waals surface area contributed by atoms with Crippen LogP contribution in [0, 0.1) is 11.8 Å². The molecular weight excluding hydrogens is 206 g/mol. The average molecular weight is 225 g/mol. The quantitative estimate of drug-likeness (QED) is 0.774. The van der Waals surface area contributed by atoms with Crippen LogP contribution < -0.4 is 0 Å². The van der Waals surface area contributed by atoms with Crippen LogP contribution in [0.25, 0.3) is 0 Å². The summed E-state index contributed by atoms with van der Waals surface area (Å²) < 4.78 is 0. The average Bonchev–Trinajstić information content (AvgIpc) is 2.57. The van der Waals surface area contributed by atoms with Gasteiger partial charge in [-0.3, -0.25) is 9.59 Å². The lowest BCUT2D eigenvalue weighted by Crippen LogP contribution is -2.46. The van der Waals surface area contributed by atoms with E-state index in [9.17, 15) is 14.7 Å². The largest absolute Gasteiger partial charge is 0.481 e. The Balaban J connectivity index is 2.11. The van der Waals surface area contributed by atoms with Crippen LogP contribution in [0.3, 0.4) is 0 Å². The molecular formula is C12H19NO3. The van der Waals surface area contributed by atoms with Crippen molar-refractivity contribution >= 4 is 11.9 Å². The number of carboxylic acids is 1. The van der Waals surface area contributed by atoms with Crippen molar-refractivity contribution in [1.82, 2.24) is 4.90 Å². The van der Waals surface area contributed by atoms with Gasteiger partial charge in [-0.05, 0) is 18.8 Å². The van der Waals surface area contributed by atoms with Gasteiger partial charge in [-0.2, -0.15) is 0 Å². The highest BCUT2D eigenvalue weighted by Crippen LogP contribution is 2.32. The molecule has 1 amide bonds. The van der Waals surface area contributed by atoms with Crippen molar-refractivity contribution in [3.8, 4) is 0 Å². The third-order valence-corrected chi connectivity index (χ3v) is 3.80. The molecule has 1 unspecified atom stereocenters. The van der Waals surface area contributed by atoms with Crippen LogP contribution in [0.2, 0.25) is 0 Å². The van der Waals surface area contributed by atoms with Crippen LogP contribution in [0.4, 0.5) is 0 Å². The molecule has 2 fully saturated rings. The SMILES string of the molecule is CC1CC(=O)N([C@H]2CCCC[C@@H]2C(=O)O)C1. The van der Waals surface area contributed by atoms with Crippen LogP contribution in [0.5, 0.6) is 0 Å². The Hall–Kier alpha value is -1.06. The number of likely N-dealkylation sites (tertiary alicyclic amines) is 1. The Kier molecular flexibility index (Phi) is 3.17. The maximum absolute atomic E-state index is 11.8. The summed E-state index contributed by atoms with van der Waals surface area (Å²) in [6, 6.07) is -0.0521. The fraction of sp³-hybridized carbons (Fsp3) is 0.833. The molecule has 1 N–H and O–H groups in total.